The van der Waals surface area contributed by atoms with Crippen molar-refractivity contribution >= 4 is 22.4 Å². The van der Waals surface area contributed by atoms with Gasteiger partial charge in [-0.05, 0) is 18.4 Å². The number of esters is 1. The molecule has 0 spiro atoms. The SMILES string of the molecule is CCOC(=O)c1cc(CN(C)c2cccc3ccccc23)on1. The van der Waals surface area contributed by atoms with Gasteiger partial charge in [-0.25, -0.2) is 4.79 Å². The first kappa shape index (κ1) is 15.1. The molecule has 2 aromatic carbocycles. The third-order valence-electron chi connectivity index (χ3n) is 3.61. The summed E-state index contributed by atoms with van der Waals surface area (Å²) in [6.07, 6.45) is 0. The first-order chi connectivity index (χ1) is 11.2. The van der Waals surface area contributed by atoms with Crippen LogP contribution in [0.25, 0.3) is 10.8 Å². The number of rotatable bonds is 5. The number of aromatic nitrogens is 1. The van der Waals surface area contributed by atoms with E-state index >= 15 is 0 Å². The summed E-state index contributed by atoms with van der Waals surface area (Å²) in [6.45, 7) is 2.59. The minimum absolute atomic E-state index is 0.202. The van der Waals surface area contributed by atoms with Gasteiger partial charge in [0.1, 0.15) is 0 Å². The second-order valence-corrected chi connectivity index (χ2v) is 5.25. The molecule has 0 N–H and O–H groups in total. The number of fused-ring (bicyclic) bond motifs is 1. The van der Waals surface area contributed by atoms with Crippen LogP contribution in [0, 0.1) is 0 Å². The molecule has 0 aliphatic heterocycles. The summed E-state index contributed by atoms with van der Waals surface area (Å²) < 4.78 is 10.2. The van der Waals surface area contributed by atoms with Crippen molar-refractivity contribution in [3.63, 3.8) is 0 Å². The molecule has 0 saturated heterocycles. The maximum absolute atomic E-state index is 11.6. The molecule has 1 heterocycles. The number of carbonyl (C=O) groups is 1. The van der Waals surface area contributed by atoms with Crippen molar-refractivity contribution in [2.75, 3.05) is 18.6 Å². The van der Waals surface area contributed by atoms with Crippen LogP contribution in [0.5, 0.6) is 0 Å². The molecule has 0 fully saturated rings. The van der Waals surface area contributed by atoms with Crippen LogP contribution in [0.3, 0.4) is 0 Å². The zero-order valence-electron chi connectivity index (χ0n) is 13.2. The molecule has 5 heteroatoms. The van der Waals surface area contributed by atoms with E-state index in [-0.39, 0.29) is 5.69 Å². The highest BCUT2D eigenvalue weighted by atomic mass is 16.5. The Bertz CT molecular complexity index is 821. The van der Waals surface area contributed by atoms with Gasteiger partial charge in [0.25, 0.3) is 0 Å². The Morgan fingerprint density at radius 1 is 1.22 bits per heavy atom. The topological polar surface area (TPSA) is 55.6 Å². The normalized spacial score (nSPS) is 10.7. The highest BCUT2D eigenvalue weighted by Crippen LogP contribution is 2.26. The summed E-state index contributed by atoms with van der Waals surface area (Å²) in [6, 6.07) is 16.0. The predicted octanol–water partition coefficient (Wildman–Crippen LogP) is 3.64. The van der Waals surface area contributed by atoms with Crippen LogP contribution >= 0.6 is 0 Å². The summed E-state index contributed by atoms with van der Waals surface area (Å²) >= 11 is 0. The van der Waals surface area contributed by atoms with E-state index in [9.17, 15) is 4.79 Å². The lowest BCUT2D eigenvalue weighted by Gasteiger charge is -2.19. The van der Waals surface area contributed by atoms with E-state index in [1.54, 1.807) is 13.0 Å². The zero-order valence-corrected chi connectivity index (χ0v) is 13.2. The number of benzene rings is 2. The fraction of sp³-hybridized carbons (Fsp3) is 0.222. The number of carbonyl (C=O) groups excluding carboxylic acids is 1. The summed E-state index contributed by atoms with van der Waals surface area (Å²) in [7, 11) is 1.98. The van der Waals surface area contributed by atoms with Crippen molar-refractivity contribution < 1.29 is 14.1 Å². The van der Waals surface area contributed by atoms with E-state index in [1.165, 1.54) is 10.8 Å². The lowest BCUT2D eigenvalue weighted by molar-refractivity contribution is 0.0514. The molecule has 0 aliphatic rings. The van der Waals surface area contributed by atoms with Crippen molar-refractivity contribution in [2.45, 2.75) is 13.5 Å². The summed E-state index contributed by atoms with van der Waals surface area (Å²) in [4.78, 5) is 13.7. The number of anilines is 1. The van der Waals surface area contributed by atoms with Gasteiger partial charge >= 0.3 is 5.97 Å². The molecule has 0 amide bonds. The molecule has 3 aromatic rings. The highest BCUT2D eigenvalue weighted by molar-refractivity contribution is 5.94. The van der Waals surface area contributed by atoms with Gasteiger partial charge < -0.3 is 14.2 Å². The highest BCUT2D eigenvalue weighted by Gasteiger charge is 2.15. The monoisotopic (exact) mass is 310 g/mol. The van der Waals surface area contributed by atoms with Crippen LogP contribution in [0.4, 0.5) is 5.69 Å². The Balaban J connectivity index is 1.81. The third kappa shape index (κ3) is 3.18. The minimum atomic E-state index is -0.463. The zero-order chi connectivity index (χ0) is 16.2. The largest absolute Gasteiger partial charge is 0.461 e. The van der Waals surface area contributed by atoms with Crippen molar-refractivity contribution in [2.24, 2.45) is 0 Å². The molecule has 0 aliphatic carbocycles. The Hall–Kier alpha value is -2.82. The number of nitrogens with zero attached hydrogens (tertiary/aromatic N) is 2. The molecule has 23 heavy (non-hydrogen) atoms. The molecule has 5 nitrogen and oxygen atoms in total. The van der Waals surface area contributed by atoms with Gasteiger partial charge in [-0.15, -0.1) is 0 Å². The Kier molecular flexibility index (Phi) is 4.28. The van der Waals surface area contributed by atoms with Crippen LogP contribution < -0.4 is 4.90 Å². The van der Waals surface area contributed by atoms with Crippen molar-refractivity contribution in [3.05, 3.63) is 60.0 Å². The van der Waals surface area contributed by atoms with Gasteiger partial charge in [-0.2, -0.15) is 0 Å². The lowest BCUT2D eigenvalue weighted by atomic mass is 10.1. The van der Waals surface area contributed by atoms with Crippen LogP contribution in [-0.4, -0.2) is 24.8 Å². The maximum atomic E-state index is 11.6. The second-order valence-electron chi connectivity index (χ2n) is 5.25. The molecule has 0 saturated carbocycles. The molecular formula is C18H18N2O3. The van der Waals surface area contributed by atoms with Crippen LogP contribution in [0.1, 0.15) is 23.2 Å². The fourth-order valence-electron chi connectivity index (χ4n) is 2.55. The first-order valence-corrected chi connectivity index (χ1v) is 7.50. The smallest absolute Gasteiger partial charge is 0.360 e. The van der Waals surface area contributed by atoms with E-state index in [0.29, 0.717) is 18.9 Å². The molecule has 0 radical (unpaired) electrons. The molecule has 0 bridgehead atoms. The van der Waals surface area contributed by atoms with Gasteiger partial charge in [-0.3, -0.25) is 0 Å². The lowest BCUT2D eigenvalue weighted by Crippen LogP contribution is -2.16. The van der Waals surface area contributed by atoms with Gasteiger partial charge in [-0.1, -0.05) is 41.6 Å². The minimum Gasteiger partial charge on any atom is -0.461 e. The van der Waals surface area contributed by atoms with Crippen molar-refractivity contribution in [1.29, 1.82) is 0 Å². The molecular weight excluding hydrogens is 292 g/mol. The first-order valence-electron chi connectivity index (χ1n) is 7.50. The average Bonchev–Trinajstić information content (AvgIpc) is 3.03. The third-order valence-corrected chi connectivity index (χ3v) is 3.61. The summed E-state index contributed by atoms with van der Waals surface area (Å²) in [5.41, 5.74) is 1.30. The molecule has 0 unspecified atom stereocenters. The quantitative estimate of drug-likeness (QED) is 0.673. The molecule has 1 aromatic heterocycles. The van der Waals surface area contributed by atoms with E-state index in [1.807, 2.05) is 25.2 Å². The standard InChI is InChI=1S/C18H18N2O3/c1-3-22-18(21)16-11-14(23-19-16)12-20(2)17-10-6-8-13-7-4-5-9-15(13)17/h4-11H,3,12H2,1-2H3. The van der Waals surface area contributed by atoms with Crippen molar-refractivity contribution in [1.82, 2.24) is 5.16 Å². The fourth-order valence-corrected chi connectivity index (χ4v) is 2.55. The maximum Gasteiger partial charge on any atom is 0.360 e. The van der Waals surface area contributed by atoms with E-state index in [4.69, 9.17) is 9.26 Å². The summed E-state index contributed by atoms with van der Waals surface area (Å²) in [5.74, 6) is 0.152. The van der Waals surface area contributed by atoms with Crippen LogP contribution in [-0.2, 0) is 11.3 Å². The van der Waals surface area contributed by atoms with E-state index < -0.39 is 5.97 Å². The average molecular weight is 310 g/mol. The molecule has 118 valence electrons. The number of hydrogen-bond donors (Lipinski definition) is 0. The van der Waals surface area contributed by atoms with Gasteiger partial charge in [0, 0.05) is 24.2 Å². The van der Waals surface area contributed by atoms with Crippen LogP contribution in [0.2, 0.25) is 0 Å². The molecule has 3 rings (SSSR count). The predicted molar refractivity (Wildman–Crippen MR) is 88.5 cm³/mol. The Morgan fingerprint density at radius 3 is 2.83 bits per heavy atom. The van der Waals surface area contributed by atoms with Crippen molar-refractivity contribution in [3.8, 4) is 0 Å². The van der Waals surface area contributed by atoms with Crippen LogP contribution in [0.15, 0.2) is 53.1 Å². The number of ether oxygens (including phenoxy) is 1. The Labute approximate surface area is 134 Å². The van der Waals surface area contributed by atoms with E-state index in [0.717, 1.165) is 5.69 Å². The molecule has 0 atom stereocenters. The second kappa shape index (κ2) is 6.52. The van der Waals surface area contributed by atoms with Gasteiger partial charge in [0.2, 0.25) is 0 Å². The summed E-state index contributed by atoms with van der Waals surface area (Å²) in [5, 5.41) is 6.12. The van der Waals surface area contributed by atoms with E-state index in [2.05, 4.69) is 34.3 Å². The van der Waals surface area contributed by atoms with Gasteiger partial charge in [0.05, 0.1) is 13.2 Å². The van der Waals surface area contributed by atoms with Gasteiger partial charge in [0.15, 0.2) is 11.5 Å². The Morgan fingerprint density at radius 2 is 2.00 bits per heavy atom. The number of hydrogen-bond acceptors (Lipinski definition) is 5.